The van der Waals surface area contributed by atoms with Crippen molar-refractivity contribution in [3.8, 4) is 22.9 Å². The molecule has 0 spiro atoms. The summed E-state index contributed by atoms with van der Waals surface area (Å²) in [6.07, 6.45) is 3.20. The Kier molecular flexibility index (Phi) is 5.43. The molecule has 1 N–H and O–H groups in total. The number of carbonyl (C=O) groups excluding carboxylic acids is 1. The zero-order chi connectivity index (χ0) is 19.3. The first kappa shape index (κ1) is 18.3. The van der Waals surface area contributed by atoms with Crippen LogP contribution in [0.5, 0.6) is 11.5 Å². The van der Waals surface area contributed by atoms with Gasteiger partial charge in [0.1, 0.15) is 12.7 Å². The number of pyridine rings is 1. The summed E-state index contributed by atoms with van der Waals surface area (Å²) < 4.78 is 13.4. The van der Waals surface area contributed by atoms with Gasteiger partial charge in [-0.05, 0) is 24.3 Å². The number of benzene rings is 1. The summed E-state index contributed by atoms with van der Waals surface area (Å²) in [7, 11) is 1.88. The Morgan fingerprint density at radius 1 is 1.21 bits per heavy atom. The van der Waals surface area contributed by atoms with Crippen LogP contribution in [-0.4, -0.2) is 50.7 Å². The fourth-order valence-corrected chi connectivity index (χ4v) is 3.51. The van der Waals surface area contributed by atoms with Crippen molar-refractivity contribution in [2.45, 2.75) is 11.3 Å². The van der Waals surface area contributed by atoms with Crippen LogP contribution in [0.3, 0.4) is 0 Å². The van der Waals surface area contributed by atoms with Gasteiger partial charge in [0.05, 0.1) is 12.3 Å². The number of aromatic nitrogens is 4. The van der Waals surface area contributed by atoms with Crippen LogP contribution in [-0.2, 0) is 11.8 Å². The van der Waals surface area contributed by atoms with Gasteiger partial charge >= 0.3 is 0 Å². The van der Waals surface area contributed by atoms with E-state index in [4.69, 9.17) is 9.47 Å². The van der Waals surface area contributed by atoms with E-state index >= 15 is 0 Å². The SMILES string of the molecule is Cn1c(SCC(=O)NC[C@@H]2COc3ccccc3O2)nnc1-c1ccncc1. The summed E-state index contributed by atoms with van der Waals surface area (Å²) in [5.41, 5.74) is 0.927. The lowest BCUT2D eigenvalue weighted by Crippen LogP contribution is -2.41. The van der Waals surface area contributed by atoms with Crippen LogP contribution >= 0.6 is 11.8 Å². The molecule has 0 saturated heterocycles. The maximum absolute atomic E-state index is 12.2. The van der Waals surface area contributed by atoms with Gasteiger partial charge in [0.15, 0.2) is 22.5 Å². The first-order valence-electron chi connectivity index (χ1n) is 8.78. The van der Waals surface area contributed by atoms with Crippen molar-refractivity contribution in [3.63, 3.8) is 0 Å². The molecule has 0 saturated carbocycles. The monoisotopic (exact) mass is 397 g/mol. The summed E-state index contributed by atoms with van der Waals surface area (Å²) in [6, 6.07) is 11.2. The fraction of sp³-hybridized carbons (Fsp3) is 0.263. The third-order valence-electron chi connectivity index (χ3n) is 4.20. The highest BCUT2D eigenvalue weighted by Gasteiger charge is 2.21. The van der Waals surface area contributed by atoms with E-state index in [2.05, 4.69) is 20.5 Å². The summed E-state index contributed by atoms with van der Waals surface area (Å²) >= 11 is 1.34. The standard InChI is InChI=1S/C19H19N5O3S/c1-24-18(13-6-8-20-9-7-13)22-23-19(24)28-12-17(25)21-10-14-11-26-15-4-2-3-5-16(15)27-14/h2-9,14H,10-12H2,1H3,(H,21,25)/t14-/m1/s1. The molecule has 1 amide bonds. The second-order valence-electron chi connectivity index (χ2n) is 6.19. The number of nitrogens with one attached hydrogen (secondary N) is 1. The number of thioether (sulfide) groups is 1. The average Bonchev–Trinajstić information content (AvgIpc) is 3.11. The second kappa shape index (κ2) is 8.30. The Balaban J connectivity index is 1.27. The molecular formula is C19H19N5O3S. The van der Waals surface area contributed by atoms with E-state index in [-0.39, 0.29) is 17.8 Å². The van der Waals surface area contributed by atoms with Gasteiger partial charge in [0.2, 0.25) is 5.91 Å². The highest BCUT2D eigenvalue weighted by molar-refractivity contribution is 7.99. The quantitative estimate of drug-likeness (QED) is 0.636. The first-order valence-corrected chi connectivity index (χ1v) is 9.77. The van der Waals surface area contributed by atoms with E-state index in [1.54, 1.807) is 12.4 Å². The number of ether oxygens (including phenoxy) is 2. The second-order valence-corrected chi connectivity index (χ2v) is 7.13. The van der Waals surface area contributed by atoms with E-state index < -0.39 is 0 Å². The van der Waals surface area contributed by atoms with Crippen molar-refractivity contribution >= 4 is 17.7 Å². The molecule has 8 nitrogen and oxygen atoms in total. The largest absolute Gasteiger partial charge is 0.486 e. The lowest BCUT2D eigenvalue weighted by atomic mass is 10.2. The number of amides is 1. The van der Waals surface area contributed by atoms with Crippen molar-refractivity contribution in [2.75, 3.05) is 18.9 Å². The van der Waals surface area contributed by atoms with Crippen molar-refractivity contribution < 1.29 is 14.3 Å². The van der Waals surface area contributed by atoms with Crippen LogP contribution in [0.1, 0.15) is 0 Å². The van der Waals surface area contributed by atoms with Gasteiger partial charge in [-0.15, -0.1) is 10.2 Å². The molecule has 3 aromatic rings. The van der Waals surface area contributed by atoms with Crippen LogP contribution in [0, 0.1) is 0 Å². The molecule has 9 heteroatoms. The van der Waals surface area contributed by atoms with Gasteiger partial charge in [0.25, 0.3) is 0 Å². The van der Waals surface area contributed by atoms with Crippen LogP contribution in [0.15, 0.2) is 53.9 Å². The van der Waals surface area contributed by atoms with Gasteiger partial charge in [0, 0.05) is 25.0 Å². The maximum Gasteiger partial charge on any atom is 0.230 e. The van der Waals surface area contributed by atoms with Gasteiger partial charge < -0.3 is 19.4 Å². The topological polar surface area (TPSA) is 91.2 Å². The van der Waals surface area contributed by atoms with Gasteiger partial charge in [-0.25, -0.2) is 0 Å². The van der Waals surface area contributed by atoms with Crippen molar-refractivity contribution in [2.24, 2.45) is 7.05 Å². The number of nitrogens with zero attached hydrogens (tertiary/aromatic N) is 4. The predicted molar refractivity (Wildman–Crippen MR) is 104 cm³/mol. The molecule has 2 aromatic heterocycles. The molecule has 0 bridgehead atoms. The van der Waals surface area contributed by atoms with E-state index in [1.165, 1.54) is 11.8 Å². The molecule has 0 radical (unpaired) electrons. The lowest BCUT2D eigenvalue weighted by Gasteiger charge is -2.26. The Labute approximate surface area is 166 Å². The Hall–Kier alpha value is -3.07. The van der Waals surface area contributed by atoms with Gasteiger partial charge in [-0.1, -0.05) is 23.9 Å². The smallest absolute Gasteiger partial charge is 0.230 e. The summed E-state index contributed by atoms with van der Waals surface area (Å²) in [5.74, 6) is 2.31. The third-order valence-corrected chi connectivity index (χ3v) is 5.22. The molecule has 28 heavy (non-hydrogen) atoms. The number of hydrogen-bond acceptors (Lipinski definition) is 7. The molecule has 0 fully saturated rings. The molecule has 1 aliphatic rings. The third kappa shape index (κ3) is 4.09. The molecular weight excluding hydrogens is 378 g/mol. The summed E-state index contributed by atoms with van der Waals surface area (Å²) in [6.45, 7) is 0.790. The molecule has 3 heterocycles. The Morgan fingerprint density at radius 3 is 2.82 bits per heavy atom. The number of hydrogen-bond donors (Lipinski definition) is 1. The number of rotatable bonds is 6. The van der Waals surface area contributed by atoms with E-state index in [1.807, 2.05) is 48.0 Å². The van der Waals surface area contributed by atoms with Gasteiger partial charge in [-0.2, -0.15) is 0 Å². The van der Waals surface area contributed by atoms with Crippen LogP contribution in [0.4, 0.5) is 0 Å². The minimum atomic E-state index is -0.211. The molecule has 1 atom stereocenters. The van der Waals surface area contributed by atoms with Crippen LogP contribution in [0.25, 0.3) is 11.4 Å². The molecule has 0 unspecified atom stereocenters. The number of fused-ring (bicyclic) bond motifs is 1. The summed E-state index contributed by atoms with van der Waals surface area (Å²) in [5, 5.41) is 11.9. The Bertz CT molecular complexity index is 963. The maximum atomic E-state index is 12.2. The van der Waals surface area contributed by atoms with Crippen molar-refractivity contribution in [3.05, 3.63) is 48.8 Å². The van der Waals surface area contributed by atoms with Crippen LogP contribution in [0.2, 0.25) is 0 Å². The number of carbonyl (C=O) groups is 1. The average molecular weight is 397 g/mol. The minimum Gasteiger partial charge on any atom is -0.486 e. The van der Waals surface area contributed by atoms with E-state index in [0.717, 1.165) is 17.1 Å². The highest BCUT2D eigenvalue weighted by Crippen LogP contribution is 2.30. The predicted octanol–water partition coefficient (Wildman–Crippen LogP) is 1.93. The molecule has 144 valence electrons. The van der Waals surface area contributed by atoms with Crippen molar-refractivity contribution in [1.82, 2.24) is 25.1 Å². The highest BCUT2D eigenvalue weighted by atomic mass is 32.2. The fourth-order valence-electron chi connectivity index (χ4n) is 2.77. The lowest BCUT2D eigenvalue weighted by molar-refractivity contribution is -0.119. The molecule has 0 aliphatic carbocycles. The molecule has 1 aromatic carbocycles. The van der Waals surface area contributed by atoms with Crippen molar-refractivity contribution in [1.29, 1.82) is 0 Å². The van der Waals surface area contributed by atoms with Crippen LogP contribution < -0.4 is 14.8 Å². The minimum absolute atomic E-state index is 0.0964. The van der Waals surface area contributed by atoms with E-state index in [0.29, 0.717) is 24.1 Å². The normalized spacial score (nSPS) is 15.2. The molecule has 4 rings (SSSR count). The van der Waals surface area contributed by atoms with E-state index in [9.17, 15) is 4.79 Å². The summed E-state index contributed by atoms with van der Waals surface area (Å²) in [4.78, 5) is 16.2. The Morgan fingerprint density at radius 2 is 2.00 bits per heavy atom. The molecule has 1 aliphatic heterocycles. The van der Waals surface area contributed by atoms with Gasteiger partial charge in [-0.3, -0.25) is 9.78 Å². The number of para-hydroxylation sites is 2. The zero-order valence-corrected chi connectivity index (χ0v) is 16.1. The zero-order valence-electron chi connectivity index (χ0n) is 15.2. The first-order chi connectivity index (χ1) is 13.7.